The van der Waals surface area contributed by atoms with E-state index in [9.17, 15) is 9.90 Å². The zero-order valence-electron chi connectivity index (χ0n) is 15.7. The molecule has 2 N–H and O–H groups in total. The molecule has 1 heterocycles. The van der Waals surface area contributed by atoms with Crippen molar-refractivity contribution in [2.45, 2.75) is 0 Å². The second kappa shape index (κ2) is 7.90. The number of aromatic hydroxyl groups is 1. The minimum Gasteiger partial charge on any atom is -0.507 e. The van der Waals surface area contributed by atoms with Crippen molar-refractivity contribution in [3.05, 3.63) is 95.7 Å². The number of carbonyl (C=O) groups excluding carboxylic acids is 1. The average Bonchev–Trinajstić information content (AvgIpc) is 3.06. The lowest BCUT2D eigenvalue weighted by Crippen LogP contribution is -2.37. The van der Waals surface area contributed by atoms with Crippen LogP contribution in [-0.2, 0) is 4.79 Å². The van der Waals surface area contributed by atoms with Crippen LogP contribution in [0.4, 0.5) is 5.69 Å². The molecule has 0 radical (unpaired) electrons. The molecule has 0 fully saturated rings. The highest BCUT2D eigenvalue weighted by molar-refractivity contribution is 6.20. The number of rotatable bonds is 5. The van der Waals surface area contributed by atoms with Crippen LogP contribution in [0.15, 0.2) is 89.6 Å². The normalized spacial score (nSPS) is 14.8. The molecule has 0 atom stereocenters. The lowest BCUT2D eigenvalue weighted by atomic mass is 10.1. The summed E-state index contributed by atoms with van der Waals surface area (Å²) in [5, 5.41) is 11.5. The zero-order valence-corrected chi connectivity index (χ0v) is 15.7. The zero-order chi connectivity index (χ0) is 20.2. The predicted octanol–water partition coefficient (Wildman–Crippen LogP) is 4.06. The number of benzene rings is 3. The van der Waals surface area contributed by atoms with Crippen LogP contribution in [0.5, 0.6) is 11.5 Å². The Kier molecular flexibility index (Phi) is 4.99. The van der Waals surface area contributed by atoms with Crippen molar-refractivity contribution in [3.63, 3.8) is 0 Å². The van der Waals surface area contributed by atoms with E-state index in [0.717, 1.165) is 11.3 Å². The number of nitrogens with one attached hydrogen (secondary N) is 1. The molecule has 0 spiro atoms. The molecule has 6 nitrogen and oxygen atoms in total. The number of carbonyl (C=O) groups is 1. The van der Waals surface area contributed by atoms with Gasteiger partial charge in [0.1, 0.15) is 17.2 Å². The van der Waals surface area contributed by atoms with Gasteiger partial charge in [0.15, 0.2) is 5.84 Å². The molecule has 3 aromatic carbocycles. The first-order valence-electron chi connectivity index (χ1n) is 9.04. The van der Waals surface area contributed by atoms with Crippen molar-refractivity contribution < 1.29 is 14.6 Å². The van der Waals surface area contributed by atoms with Gasteiger partial charge in [-0.2, -0.15) is 5.01 Å². The third-order valence-corrected chi connectivity index (χ3v) is 4.45. The Bertz CT molecular complexity index is 1090. The Morgan fingerprint density at radius 1 is 0.966 bits per heavy atom. The van der Waals surface area contributed by atoms with Crippen molar-refractivity contribution >= 4 is 23.5 Å². The van der Waals surface area contributed by atoms with Crippen LogP contribution in [0.3, 0.4) is 0 Å². The van der Waals surface area contributed by atoms with E-state index in [1.807, 2.05) is 42.5 Å². The molecule has 0 bridgehead atoms. The van der Waals surface area contributed by atoms with E-state index >= 15 is 0 Å². The first kappa shape index (κ1) is 18.3. The number of phenolic OH excluding ortho intramolecular Hbond substituents is 1. The topological polar surface area (TPSA) is 74.2 Å². The van der Waals surface area contributed by atoms with E-state index in [1.165, 1.54) is 5.01 Å². The van der Waals surface area contributed by atoms with Crippen LogP contribution < -0.4 is 10.2 Å². The number of amidine groups is 1. The van der Waals surface area contributed by atoms with Gasteiger partial charge in [-0.1, -0.05) is 48.5 Å². The maximum Gasteiger partial charge on any atom is 0.297 e. The van der Waals surface area contributed by atoms with Crippen molar-refractivity contribution in [3.8, 4) is 11.5 Å². The minimum atomic E-state index is -0.317. The highest BCUT2D eigenvalue weighted by Gasteiger charge is 2.31. The third kappa shape index (κ3) is 3.82. The second-order valence-electron chi connectivity index (χ2n) is 6.37. The molecule has 6 heteroatoms. The number of aliphatic imine (C=N–C) groups is 1. The Labute approximate surface area is 168 Å². The second-order valence-corrected chi connectivity index (χ2v) is 6.37. The number of amides is 1. The monoisotopic (exact) mass is 385 g/mol. The van der Waals surface area contributed by atoms with Crippen LogP contribution in [0.2, 0.25) is 0 Å². The average molecular weight is 385 g/mol. The fourth-order valence-electron chi connectivity index (χ4n) is 2.95. The van der Waals surface area contributed by atoms with Crippen molar-refractivity contribution in [2.75, 3.05) is 12.5 Å². The van der Waals surface area contributed by atoms with E-state index in [1.54, 1.807) is 49.6 Å². The molecule has 1 amide bonds. The summed E-state index contributed by atoms with van der Waals surface area (Å²) in [5.41, 5.74) is 5.38. The lowest BCUT2D eigenvalue weighted by Gasteiger charge is -2.20. The smallest absolute Gasteiger partial charge is 0.297 e. The summed E-state index contributed by atoms with van der Waals surface area (Å²) >= 11 is 0. The Hall–Kier alpha value is -4.06. The number of hydrazine groups is 1. The number of ether oxygens (including phenoxy) is 1. The molecule has 3 aromatic rings. The van der Waals surface area contributed by atoms with Gasteiger partial charge in [0.05, 0.1) is 12.8 Å². The van der Waals surface area contributed by atoms with Gasteiger partial charge in [-0.3, -0.25) is 10.2 Å². The van der Waals surface area contributed by atoms with Gasteiger partial charge in [0.25, 0.3) is 5.91 Å². The molecule has 0 unspecified atom stereocenters. The summed E-state index contributed by atoms with van der Waals surface area (Å²) in [7, 11) is 1.60. The molecule has 0 saturated heterocycles. The van der Waals surface area contributed by atoms with Crippen LogP contribution >= 0.6 is 0 Å². The maximum atomic E-state index is 13.1. The molecule has 4 rings (SSSR count). The Balaban J connectivity index is 1.72. The summed E-state index contributed by atoms with van der Waals surface area (Å²) in [5.74, 6) is 0.974. The molecule has 1 aliphatic heterocycles. The number of para-hydroxylation sites is 1. The maximum absolute atomic E-state index is 13.1. The van der Waals surface area contributed by atoms with E-state index in [2.05, 4.69) is 10.4 Å². The molecule has 0 saturated carbocycles. The summed E-state index contributed by atoms with van der Waals surface area (Å²) in [4.78, 5) is 17.6. The minimum absolute atomic E-state index is 0.0887. The number of nitrogens with zero attached hydrogens (tertiary/aromatic N) is 2. The largest absolute Gasteiger partial charge is 0.507 e. The van der Waals surface area contributed by atoms with Gasteiger partial charge >= 0.3 is 0 Å². The van der Waals surface area contributed by atoms with E-state index < -0.39 is 0 Å². The van der Waals surface area contributed by atoms with Gasteiger partial charge in [0.2, 0.25) is 0 Å². The quantitative estimate of drug-likeness (QED) is 0.650. The summed E-state index contributed by atoms with van der Waals surface area (Å²) in [6.45, 7) is 0. The highest BCUT2D eigenvalue weighted by atomic mass is 16.5. The van der Waals surface area contributed by atoms with Gasteiger partial charge in [-0.25, -0.2) is 4.99 Å². The van der Waals surface area contributed by atoms with Crippen LogP contribution in [0.25, 0.3) is 6.08 Å². The van der Waals surface area contributed by atoms with E-state index in [4.69, 9.17) is 4.74 Å². The third-order valence-electron chi connectivity index (χ3n) is 4.45. The van der Waals surface area contributed by atoms with Crippen LogP contribution in [0.1, 0.15) is 11.1 Å². The fraction of sp³-hybridized carbons (Fsp3) is 0.0435. The number of phenols is 1. The molecule has 0 aromatic heterocycles. The van der Waals surface area contributed by atoms with Gasteiger partial charge in [-0.05, 0) is 36.4 Å². The lowest BCUT2D eigenvalue weighted by molar-refractivity contribution is -0.121. The molecular formula is C23H19N3O3. The van der Waals surface area contributed by atoms with Crippen molar-refractivity contribution in [2.24, 2.45) is 4.99 Å². The van der Waals surface area contributed by atoms with Gasteiger partial charge < -0.3 is 9.84 Å². The molecule has 29 heavy (non-hydrogen) atoms. The van der Waals surface area contributed by atoms with Gasteiger partial charge in [-0.15, -0.1) is 0 Å². The fourth-order valence-corrected chi connectivity index (χ4v) is 2.95. The first-order chi connectivity index (χ1) is 14.2. The molecule has 1 aliphatic rings. The van der Waals surface area contributed by atoms with Crippen LogP contribution in [0, 0.1) is 0 Å². The number of anilines is 1. The highest BCUT2D eigenvalue weighted by Crippen LogP contribution is 2.26. The number of hydrogen-bond acceptors (Lipinski definition) is 5. The van der Waals surface area contributed by atoms with Gasteiger partial charge in [0, 0.05) is 11.1 Å². The Morgan fingerprint density at radius 2 is 1.66 bits per heavy atom. The summed E-state index contributed by atoms with van der Waals surface area (Å²) in [6, 6.07) is 23.5. The first-order valence-corrected chi connectivity index (χ1v) is 9.04. The SMILES string of the molecule is COc1ccc(NN2C(=O)/C(=C/c3ccccc3O)N=C2c2ccccc2)cc1. The van der Waals surface area contributed by atoms with E-state index in [-0.39, 0.29) is 17.4 Å². The molecule has 0 aliphatic carbocycles. The molecule has 144 valence electrons. The summed E-state index contributed by atoms with van der Waals surface area (Å²) in [6.07, 6.45) is 1.58. The predicted molar refractivity (Wildman–Crippen MR) is 113 cm³/mol. The molecular weight excluding hydrogens is 366 g/mol. The van der Waals surface area contributed by atoms with Crippen molar-refractivity contribution in [1.82, 2.24) is 5.01 Å². The van der Waals surface area contributed by atoms with E-state index in [0.29, 0.717) is 17.1 Å². The summed E-state index contributed by atoms with van der Waals surface area (Å²) < 4.78 is 5.18. The van der Waals surface area contributed by atoms with Crippen LogP contribution in [-0.4, -0.2) is 29.0 Å². The Morgan fingerprint density at radius 3 is 2.34 bits per heavy atom. The number of methoxy groups -OCH3 is 1. The number of hydrogen-bond donors (Lipinski definition) is 2. The van der Waals surface area contributed by atoms with Crippen molar-refractivity contribution in [1.29, 1.82) is 0 Å². The standard InChI is InChI=1S/C23H19N3O3/c1-29-19-13-11-18(12-14-19)25-26-22(16-7-3-2-4-8-16)24-20(23(26)28)15-17-9-5-6-10-21(17)27/h2-15,25,27H,1H3/b20-15-.